The molecule has 2 rings (SSSR count). The first-order chi connectivity index (χ1) is 9.67. The number of hydrogen-bond donors (Lipinski definition) is 0. The maximum atomic E-state index is 13.6. The molecule has 0 N–H and O–H groups in total. The Labute approximate surface area is 121 Å². The van der Waals surface area contributed by atoms with Crippen LogP contribution in [0.2, 0.25) is 0 Å². The Morgan fingerprint density at radius 2 is 2.10 bits per heavy atom. The van der Waals surface area contributed by atoms with Crippen LogP contribution in [0.3, 0.4) is 0 Å². The molecule has 0 radical (unpaired) electrons. The molecule has 1 aromatic heterocycles. The highest BCUT2D eigenvalue weighted by atomic mass is 19.1. The van der Waals surface area contributed by atoms with Crippen molar-refractivity contribution in [3.8, 4) is 0 Å². The van der Waals surface area contributed by atoms with Crippen LogP contribution < -0.4 is 0 Å². The number of aromatic nitrogens is 2. The summed E-state index contributed by atoms with van der Waals surface area (Å²) in [5.41, 5.74) is -0.720. The van der Waals surface area contributed by atoms with E-state index in [2.05, 4.69) is 10.1 Å². The lowest BCUT2D eigenvalue weighted by Crippen LogP contribution is -2.43. The summed E-state index contributed by atoms with van der Waals surface area (Å²) in [6.45, 7) is 6.47. The molecule has 0 spiro atoms. The number of ether oxygens (including phenoxy) is 1. The largest absolute Gasteiger partial charge is 0.444 e. The lowest BCUT2D eigenvalue weighted by Gasteiger charge is -2.27. The molecule has 1 fully saturated rings. The van der Waals surface area contributed by atoms with Crippen molar-refractivity contribution in [2.45, 2.75) is 51.9 Å². The Balaban J connectivity index is 2.17. The minimum atomic E-state index is -1.28. The standard InChI is InChI=1S/C13H18FN3O4/c1-7-15-11(16-21-7)10(18)9-5-8(14)6-17(9)12(19)20-13(2,3)4/h8-9H,5-6H2,1-4H3/t8-,9-/m0/s1. The lowest BCUT2D eigenvalue weighted by molar-refractivity contribution is 0.0213. The Kier molecular flexibility index (Phi) is 3.97. The summed E-state index contributed by atoms with van der Waals surface area (Å²) < 4.78 is 23.6. The van der Waals surface area contributed by atoms with E-state index in [0.717, 1.165) is 4.90 Å². The molecule has 1 aromatic rings. The predicted molar refractivity (Wildman–Crippen MR) is 69.6 cm³/mol. The van der Waals surface area contributed by atoms with Gasteiger partial charge in [0.2, 0.25) is 17.5 Å². The third-order valence-electron chi connectivity index (χ3n) is 2.93. The summed E-state index contributed by atoms with van der Waals surface area (Å²) in [6, 6.07) is -0.966. The zero-order valence-electron chi connectivity index (χ0n) is 12.4. The number of Topliss-reactive ketones (excluding diaryl/α,β-unsaturated/α-hetero) is 1. The molecule has 1 amide bonds. The molecule has 0 aliphatic carbocycles. The molecule has 116 valence electrons. The number of ketones is 1. The highest BCUT2D eigenvalue weighted by molar-refractivity contribution is 5.98. The number of carbonyl (C=O) groups excluding carboxylic acids is 2. The van der Waals surface area contributed by atoms with Gasteiger partial charge >= 0.3 is 6.09 Å². The van der Waals surface area contributed by atoms with Gasteiger partial charge in [0.15, 0.2) is 0 Å². The molecule has 1 saturated heterocycles. The van der Waals surface area contributed by atoms with Crippen molar-refractivity contribution >= 4 is 11.9 Å². The molecule has 0 unspecified atom stereocenters. The van der Waals surface area contributed by atoms with Gasteiger partial charge in [-0.1, -0.05) is 5.16 Å². The predicted octanol–water partition coefficient (Wildman–Crippen LogP) is 1.91. The molecule has 0 saturated carbocycles. The van der Waals surface area contributed by atoms with E-state index in [9.17, 15) is 14.0 Å². The monoisotopic (exact) mass is 299 g/mol. The topological polar surface area (TPSA) is 85.5 Å². The number of carbonyl (C=O) groups is 2. The smallest absolute Gasteiger partial charge is 0.411 e. The van der Waals surface area contributed by atoms with E-state index in [4.69, 9.17) is 9.26 Å². The number of likely N-dealkylation sites (tertiary alicyclic amines) is 1. The van der Waals surface area contributed by atoms with Crippen LogP contribution in [-0.4, -0.2) is 51.3 Å². The van der Waals surface area contributed by atoms with E-state index in [1.54, 1.807) is 27.7 Å². The molecule has 2 atom stereocenters. The number of nitrogens with zero attached hydrogens (tertiary/aromatic N) is 3. The molecular formula is C13H18FN3O4. The summed E-state index contributed by atoms with van der Waals surface area (Å²) in [5.74, 6) is -0.463. The van der Waals surface area contributed by atoms with Gasteiger partial charge in [-0.3, -0.25) is 9.69 Å². The van der Waals surface area contributed by atoms with Crippen LogP contribution in [0.4, 0.5) is 9.18 Å². The van der Waals surface area contributed by atoms with Crippen molar-refractivity contribution in [1.29, 1.82) is 0 Å². The average Bonchev–Trinajstić information content (AvgIpc) is 2.92. The highest BCUT2D eigenvalue weighted by Gasteiger charge is 2.43. The maximum Gasteiger partial charge on any atom is 0.411 e. The van der Waals surface area contributed by atoms with Gasteiger partial charge in [-0.05, 0) is 20.8 Å². The Morgan fingerprint density at radius 1 is 1.43 bits per heavy atom. The zero-order chi connectivity index (χ0) is 15.8. The molecule has 1 aliphatic rings. The fourth-order valence-electron chi connectivity index (χ4n) is 2.10. The van der Waals surface area contributed by atoms with Crippen LogP contribution in [0.25, 0.3) is 0 Å². The van der Waals surface area contributed by atoms with Gasteiger partial charge in [0, 0.05) is 13.3 Å². The number of halogens is 1. The number of rotatable bonds is 2. The maximum absolute atomic E-state index is 13.6. The van der Waals surface area contributed by atoms with Crippen LogP contribution >= 0.6 is 0 Å². The molecule has 0 bridgehead atoms. The summed E-state index contributed by atoms with van der Waals surface area (Å²) in [5, 5.41) is 3.52. The molecule has 2 heterocycles. The van der Waals surface area contributed by atoms with E-state index >= 15 is 0 Å². The van der Waals surface area contributed by atoms with Crippen LogP contribution in [0.5, 0.6) is 0 Å². The first kappa shape index (κ1) is 15.4. The molecule has 21 heavy (non-hydrogen) atoms. The fourth-order valence-corrected chi connectivity index (χ4v) is 2.10. The van der Waals surface area contributed by atoms with Gasteiger partial charge in [-0.25, -0.2) is 9.18 Å². The molecule has 8 heteroatoms. The summed E-state index contributed by atoms with van der Waals surface area (Å²) in [7, 11) is 0. The van der Waals surface area contributed by atoms with Crippen molar-refractivity contribution in [3.63, 3.8) is 0 Å². The summed E-state index contributed by atoms with van der Waals surface area (Å²) in [6.07, 6.45) is -2.09. The lowest BCUT2D eigenvalue weighted by atomic mass is 10.1. The van der Waals surface area contributed by atoms with Crippen molar-refractivity contribution < 1.29 is 23.2 Å². The summed E-state index contributed by atoms with van der Waals surface area (Å²) >= 11 is 0. The third kappa shape index (κ3) is 3.56. The summed E-state index contributed by atoms with van der Waals surface area (Å²) in [4.78, 5) is 29.3. The van der Waals surface area contributed by atoms with Crippen LogP contribution in [0.1, 0.15) is 43.7 Å². The van der Waals surface area contributed by atoms with Crippen molar-refractivity contribution in [2.24, 2.45) is 0 Å². The van der Waals surface area contributed by atoms with Crippen molar-refractivity contribution in [1.82, 2.24) is 15.0 Å². The van der Waals surface area contributed by atoms with Gasteiger partial charge < -0.3 is 9.26 Å². The Bertz CT molecular complexity index is 552. The number of aryl methyl sites for hydroxylation is 1. The molecule has 7 nitrogen and oxygen atoms in total. The van der Waals surface area contributed by atoms with Gasteiger partial charge in [-0.2, -0.15) is 4.98 Å². The van der Waals surface area contributed by atoms with Crippen LogP contribution in [0.15, 0.2) is 4.52 Å². The SMILES string of the molecule is Cc1nc(C(=O)[C@@H]2C[C@H](F)CN2C(=O)OC(C)(C)C)no1. The van der Waals surface area contributed by atoms with Gasteiger partial charge in [-0.15, -0.1) is 0 Å². The normalized spacial score (nSPS) is 22.4. The number of hydrogen-bond acceptors (Lipinski definition) is 6. The average molecular weight is 299 g/mol. The first-order valence-corrected chi connectivity index (χ1v) is 6.65. The highest BCUT2D eigenvalue weighted by Crippen LogP contribution is 2.25. The molecule has 0 aromatic carbocycles. The van der Waals surface area contributed by atoms with Gasteiger partial charge in [0.05, 0.1) is 6.54 Å². The number of amides is 1. The second-order valence-corrected chi connectivity index (χ2v) is 5.98. The third-order valence-corrected chi connectivity index (χ3v) is 2.93. The van der Waals surface area contributed by atoms with E-state index in [1.165, 1.54) is 0 Å². The number of alkyl halides is 1. The fraction of sp³-hybridized carbons (Fsp3) is 0.692. The van der Waals surface area contributed by atoms with E-state index in [-0.39, 0.29) is 24.7 Å². The second kappa shape index (κ2) is 5.42. The van der Waals surface area contributed by atoms with Gasteiger partial charge in [0.1, 0.15) is 17.8 Å². The molecule has 1 aliphatic heterocycles. The van der Waals surface area contributed by atoms with E-state index in [0.29, 0.717) is 0 Å². The first-order valence-electron chi connectivity index (χ1n) is 6.65. The second-order valence-electron chi connectivity index (χ2n) is 5.98. The Morgan fingerprint density at radius 3 is 2.62 bits per heavy atom. The minimum Gasteiger partial charge on any atom is -0.444 e. The van der Waals surface area contributed by atoms with Crippen molar-refractivity contribution in [3.05, 3.63) is 11.7 Å². The van der Waals surface area contributed by atoms with Crippen molar-refractivity contribution in [2.75, 3.05) is 6.54 Å². The Hall–Kier alpha value is -1.99. The quantitative estimate of drug-likeness (QED) is 0.775. The van der Waals surface area contributed by atoms with Crippen LogP contribution in [-0.2, 0) is 4.74 Å². The van der Waals surface area contributed by atoms with Gasteiger partial charge in [0.25, 0.3) is 0 Å². The molecular weight excluding hydrogens is 281 g/mol. The zero-order valence-corrected chi connectivity index (χ0v) is 12.4. The minimum absolute atomic E-state index is 0.0916. The van der Waals surface area contributed by atoms with E-state index in [1.807, 2.05) is 0 Å². The van der Waals surface area contributed by atoms with E-state index < -0.39 is 29.7 Å². The van der Waals surface area contributed by atoms with Crippen LogP contribution in [0, 0.1) is 6.92 Å².